The van der Waals surface area contributed by atoms with E-state index in [0.29, 0.717) is 10.8 Å². The number of allylic oxidation sites excluding steroid dienone is 2. The van der Waals surface area contributed by atoms with Crippen LogP contribution in [-0.2, 0) is 9.53 Å². The normalized spacial score (nSPS) is 63.9. The Morgan fingerprint density at radius 2 is 1.88 bits per heavy atom. The second kappa shape index (κ2) is 2.00. The summed E-state index contributed by atoms with van der Waals surface area (Å²) in [5.41, 5.74) is 1.23. The van der Waals surface area contributed by atoms with Gasteiger partial charge in [0, 0.05) is 5.41 Å². The number of ether oxygens (including phenoxy) is 1. The summed E-state index contributed by atoms with van der Waals surface area (Å²) in [6.45, 7) is 0.741. The smallest absolute Gasteiger partial charge is 0.309 e. The largest absolute Gasteiger partial charge is 0.465 e. The Morgan fingerprint density at radius 1 is 1.19 bits per heavy atom. The third-order valence-electron chi connectivity index (χ3n) is 6.83. The summed E-state index contributed by atoms with van der Waals surface area (Å²) in [5, 5.41) is 0. The van der Waals surface area contributed by atoms with Crippen molar-refractivity contribution in [3.8, 4) is 0 Å². The molecule has 0 amide bonds. The Bertz CT molecular complexity index is 428. The van der Waals surface area contributed by atoms with Crippen LogP contribution in [0.5, 0.6) is 0 Å². The highest BCUT2D eigenvalue weighted by molar-refractivity contribution is 5.79. The first-order valence-electron chi connectivity index (χ1n) is 6.57. The SMILES string of the molecule is O=C1OCC23C1CC1CC24CC=CCC43C1. The van der Waals surface area contributed by atoms with Crippen LogP contribution in [0.25, 0.3) is 0 Å². The molecule has 3 spiro atoms. The summed E-state index contributed by atoms with van der Waals surface area (Å²) in [6, 6.07) is 0. The monoisotopic (exact) mass is 216 g/mol. The van der Waals surface area contributed by atoms with Crippen molar-refractivity contribution in [2.45, 2.75) is 32.1 Å². The van der Waals surface area contributed by atoms with E-state index in [1.165, 1.54) is 25.7 Å². The highest BCUT2D eigenvalue weighted by Gasteiger charge is 2.94. The van der Waals surface area contributed by atoms with E-state index in [-0.39, 0.29) is 17.3 Å². The maximum Gasteiger partial charge on any atom is 0.309 e. The summed E-state index contributed by atoms with van der Waals surface area (Å²) in [7, 11) is 0. The van der Waals surface area contributed by atoms with Gasteiger partial charge in [-0.2, -0.15) is 0 Å². The fourth-order valence-electron chi connectivity index (χ4n) is 6.59. The van der Waals surface area contributed by atoms with Gasteiger partial charge in [0.25, 0.3) is 0 Å². The minimum atomic E-state index is 0.123. The lowest BCUT2D eigenvalue weighted by Gasteiger charge is -2.36. The van der Waals surface area contributed by atoms with Crippen molar-refractivity contribution in [1.82, 2.24) is 0 Å². The first-order valence-corrected chi connectivity index (χ1v) is 6.57. The molecule has 16 heavy (non-hydrogen) atoms. The molecule has 1 aliphatic heterocycles. The fraction of sp³-hybridized carbons (Fsp3) is 0.786. The van der Waals surface area contributed by atoms with Crippen molar-refractivity contribution in [1.29, 1.82) is 0 Å². The molecular formula is C14H16O2. The first kappa shape index (κ1) is 8.32. The number of rotatable bonds is 0. The molecule has 0 radical (unpaired) electrons. The molecule has 5 fully saturated rings. The van der Waals surface area contributed by atoms with Crippen molar-refractivity contribution in [2.75, 3.05) is 6.61 Å². The van der Waals surface area contributed by atoms with E-state index < -0.39 is 0 Å². The van der Waals surface area contributed by atoms with E-state index in [1.54, 1.807) is 0 Å². The molecule has 5 aliphatic carbocycles. The van der Waals surface area contributed by atoms with Gasteiger partial charge in [-0.05, 0) is 48.9 Å². The van der Waals surface area contributed by atoms with Gasteiger partial charge in [0.1, 0.15) is 0 Å². The molecule has 2 heteroatoms. The van der Waals surface area contributed by atoms with Crippen molar-refractivity contribution in [3.05, 3.63) is 12.2 Å². The van der Waals surface area contributed by atoms with Crippen LogP contribution in [0.2, 0.25) is 0 Å². The van der Waals surface area contributed by atoms with E-state index >= 15 is 0 Å². The lowest BCUT2D eigenvalue weighted by Crippen LogP contribution is -2.36. The average molecular weight is 216 g/mol. The van der Waals surface area contributed by atoms with Gasteiger partial charge in [0.05, 0.1) is 12.5 Å². The van der Waals surface area contributed by atoms with E-state index in [1.807, 2.05) is 0 Å². The fourth-order valence-corrected chi connectivity index (χ4v) is 6.59. The zero-order valence-corrected chi connectivity index (χ0v) is 9.37. The Labute approximate surface area is 95.0 Å². The Morgan fingerprint density at radius 3 is 2.56 bits per heavy atom. The molecule has 2 nitrogen and oxygen atoms in total. The Hall–Kier alpha value is -0.790. The van der Waals surface area contributed by atoms with Crippen LogP contribution in [0.4, 0.5) is 0 Å². The van der Waals surface area contributed by atoms with E-state index in [4.69, 9.17) is 4.74 Å². The number of cyclic esters (lactones) is 1. The number of esters is 1. The van der Waals surface area contributed by atoms with Gasteiger partial charge in [0.2, 0.25) is 0 Å². The molecule has 1 heterocycles. The van der Waals surface area contributed by atoms with Gasteiger partial charge in [-0.3, -0.25) is 4.79 Å². The molecule has 1 saturated heterocycles. The lowest BCUT2D eigenvalue weighted by atomic mass is 9.65. The molecule has 0 aromatic heterocycles. The second-order valence-corrected chi connectivity index (χ2v) is 6.69. The molecular weight excluding hydrogens is 200 g/mol. The maximum absolute atomic E-state index is 11.9. The summed E-state index contributed by atoms with van der Waals surface area (Å²) in [6.07, 6.45) is 11.0. The van der Waals surface area contributed by atoms with E-state index in [2.05, 4.69) is 12.2 Å². The van der Waals surface area contributed by atoms with Crippen LogP contribution in [0.1, 0.15) is 32.1 Å². The summed E-state index contributed by atoms with van der Waals surface area (Å²) < 4.78 is 5.46. The highest BCUT2D eigenvalue weighted by atomic mass is 16.5. The number of hydrogen-bond donors (Lipinski definition) is 0. The molecule has 6 aliphatic rings. The third kappa shape index (κ3) is 0.493. The number of hydrogen-bond acceptors (Lipinski definition) is 2. The molecule has 6 rings (SSSR count). The Balaban J connectivity index is 1.77. The quantitative estimate of drug-likeness (QED) is 0.459. The maximum atomic E-state index is 11.9. The molecule has 84 valence electrons. The second-order valence-electron chi connectivity index (χ2n) is 6.69. The Kier molecular flexibility index (Phi) is 1.04. The van der Waals surface area contributed by atoms with E-state index in [9.17, 15) is 4.79 Å². The van der Waals surface area contributed by atoms with E-state index in [0.717, 1.165) is 18.9 Å². The predicted molar refractivity (Wildman–Crippen MR) is 57.5 cm³/mol. The number of carbonyl (C=O) groups is 1. The number of carbonyl (C=O) groups excluding carboxylic acids is 1. The standard InChI is InChI=1S/C14H16O2/c15-11-10-5-9-6-12-3-1-2-4-13(12,7-9)14(10,12)8-16-11/h1-2,9-10H,3-8H2. The van der Waals surface area contributed by atoms with Gasteiger partial charge in [-0.25, -0.2) is 0 Å². The zero-order chi connectivity index (χ0) is 10.6. The first-order chi connectivity index (χ1) is 7.76. The minimum absolute atomic E-state index is 0.123. The van der Waals surface area contributed by atoms with Gasteiger partial charge in [0.15, 0.2) is 0 Å². The van der Waals surface area contributed by atoms with Gasteiger partial charge >= 0.3 is 5.97 Å². The van der Waals surface area contributed by atoms with Crippen molar-refractivity contribution in [3.63, 3.8) is 0 Å². The third-order valence-corrected chi connectivity index (χ3v) is 6.83. The topological polar surface area (TPSA) is 26.3 Å². The zero-order valence-electron chi connectivity index (χ0n) is 9.37. The molecule has 0 N–H and O–H groups in total. The molecule has 0 aromatic rings. The van der Waals surface area contributed by atoms with Crippen LogP contribution >= 0.6 is 0 Å². The molecule has 3 atom stereocenters. The van der Waals surface area contributed by atoms with Crippen molar-refractivity contribution >= 4 is 5.97 Å². The average Bonchev–Trinajstić information content (AvgIpc) is 2.56. The minimum Gasteiger partial charge on any atom is -0.465 e. The highest BCUT2D eigenvalue weighted by Crippen LogP contribution is 2.96. The molecule has 3 unspecified atom stereocenters. The summed E-state index contributed by atoms with van der Waals surface area (Å²) in [5.74, 6) is 1.20. The molecule has 4 saturated carbocycles. The summed E-state index contributed by atoms with van der Waals surface area (Å²) >= 11 is 0. The molecule has 4 bridgehead atoms. The molecule has 0 aromatic carbocycles. The van der Waals surface area contributed by atoms with Gasteiger partial charge < -0.3 is 4.74 Å². The van der Waals surface area contributed by atoms with Gasteiger partial charge in [-0.1, -0.05) is 12.2 Å². The predicted octanol–water partition coefficient (Wildman–Crippen LogP) is 2.30. The van der Waals surface area contributed by atoms with Gasteiger partial charge in [-0.15, -0.1) is 0 Å². The lowest BCUT2D eigenvalue weighted by molar-refractivity contribution is -0.142. The van der Waals surface area contributed by atoms with Crippen LogP contribution in [0.15, 0.2) is 12.2 Å². The summed E-state index contributed by atoms with van der Waals surface area (Å²) in [4.78, 5) is 11.9. The van der Waals surface area contributed by atoms with Crippen LogP contribution in [0.3, 0.4) is 0 Å². The van der Waals surface area contributed by atoms with Crippen molar-refractivity contribution < 1.29 is 9.53 Å². The van der Waals surface area contributed by atoms with Crippen LogP contribution in [0, 0.1) is 28.1 Å². The van der Waals surface area contributed by atoms with Crippen LogP contribution in [-0.4, -0.2) is 12.6 Å². The van der Waals surface area contributed by atoms with Crippen LogP contribution < -0.4 is 0 Å². The van der Waals surface area contributed by atoms with Crippen molar-refractivity contribution in [2.24, 2.45) is 28.1 Å².